The number of hydrogen-bond donors (Lipinski definition) is 3. The maximum Gasteiger partial charge on any atom is 0.216 e. The predicted molar refractivity (Wildman–Crippen MR) is 115 cm³/mol. The smallest absolute Gasteiger partial charge is 0.216 e. The van der Waals surface area contributed by atoms with Crippen molar-refractivity contribution >= 4 is 28.1 Å². The van der Waals surface area contributed by atoms with Crippen LogP contribution in [0.1, 0.15) is 12.8 Å². The maximum atomic E-state index is 4.59. The van der Waals surface area contributed by atoms with E-state index in [4.69, 9.17) is 0 Å². The van der Waals surface area contributed by atoms with Crippen LogP contribution in [0.4, 0.5) is 16.8 Å². The number of benzene rings is 1. The molecule has 0 radical (unpaired) electrons. The van der Waals surface area contributed by atoms with Crippen molar-refractivity contribution in [2.75, 3.05) is 23.7 Å². The van der Waals surface area contributed by atoms with Gasteiger partial charge in [0.05, 0.1) is 29.2 Å². The lowest BCUT2D eigenvalue weighted by atomic mass is 10.1. The van der Waals surface area contributed by atoms with Crippen molar-refractivity contribution in [1.82, 2.24) is 40.5 Å². The Morgan fingerprint density at radius 2 is 2.00 bits per heavy atom. The van der Waals surface area contributed by atoms with E-state index >= 15 is 0 Å². The molecule has 0 unspecified atom stereocenters. The molecule has 3 N–H and O–H groups in total. The lowest BCUT2D eigenvalue weighted by Crippen LogP contribution is -2.38. The van der Waals surface area contributed by atoms with Gasteiger partial charge < -0.3 is 16.0 Å². The molecule has 1 aliphatic rings. The summed E-state index contributed by atoms with van der Waals surface area (Å²) in [5, 5.41) is 23.4. The molecule has 1 aromatic carbocycles. The Morgan fingerprint density at radius 1 is 1.10 bits per heavy atom. The zero-order chi connectivity index (χ0) is 20.2. The van der Waals surface area contributed by atoms with Crippen LogP contribution in [-0.4, -0.2) is 54.3 Å². The molecule has 1 atom stereocenters. The van der Waals surface area contributed by atoms with E-state index in [-0.39, 0.29) is 0 Å². The van der Waals surface area contributed by atoms with E-state index in [1.807, 2.05) is 30.3 Å². The molecule has 0 saturated carbocycles. The van der Waals surface area contributed by atoms with Gasteiger partial charge in [-0.15, -0.1) is 15.0 Å². The average molecular weight is 421 g/mol. The van der Waals surface area contributed by atoms with Crippen LogP contribution in [0, 0.1) is 0 Å². The third-order valence-electron chi connectivity index (χ3n) is 4.65. The molecule has 4 heterocycles. The molecule has 1 fully saturated rings. The van der Waals surface area contributed by atoms with E-state index in [1.165, 1.54) is 16.1 Å². The number of hydrogen-bond acceptors (Lipinski definition) is 10. The molecule has 10 nitrogen and oxygen atoms in total. The van der Waals surface area contributed by atoms with Crippen molar-refractivity contribution in [3.63, 3.8) is 0 Å². The second-order valence-electron chi connectivity index (χ2n) is 6.87. The van der Waals surface area contributed by atoms with Gasteiger partial charge in [0, 0.05) is 12.6 Å². The number of para-hydroxylation sites is 1. The summed E-state index contributed by atoms with van der Waals surface area (Å²) in [7, 11) is 0. The minimum Gasteiger partial charge on any atom is -0.365 e. The van der Waals surface area contributed by atoms with E-state index in [2.05, 4.69) is 46.3 Å². The summed E-state index contributed by atoms with van der Waals surface area (Å²) in [5.74, 6) is 1.90. The molecule has 0 spiro atoms. The van der Waals surface area contributed by atoms with Crippen molar-refractivity contribution in [2.24, 2.45) is 0 Å². The van der Waals surface area contributed by atoms with Gasteiger partial charge >= 0.3 is 0 Å². The number of aromatic nitrogens is 7. The van der Waals surface area contributed by atoms with Gasteiger partial charge in [-0.2, -0.15) is 0 Å². The topological polar surface area (TPSA) is 118 Å². The Hall–Kier alpha value is -3.44. The van der Waals surface area contributed by atoms with Crippen LogP contribution in [-0.2, 0) is 0 Å². The van der Waals surface area contributed by atoms with Gasteiger partial charge in [-0.1, -0.05) is 29.5 Å². The quantitative estimate of drug-likeness (QED) is 0.432. The summed E-state index contributed by atoms with van der Waals surface area (Å²) in [4.78, 5) is 15.6. The largest absolute Gasteiger partial charge is 0.365 e. The predicted octanol–water partition coefficient (Wildman–Crippen LogP) is 2.48. The van der Waals surface area contributed by atoms with E-state index in [9.17, 15) is 0 Å². The lowest BCUT2D eigenvalue weighted by molar-refractivity contribution is 0.479. The summed E-state index contributed by atoms with van der Waals surface area (Å²) < 4.78 is 0. The van der Waals surface area contributed by atoms with Gasteiger partial charge in [-0.3, -0.25) is 4.98 Å². The van der Waals surface area contributed by atoms with Crippen LogP contribution < -0.4 is 16.0 Å². The second kappa shape index (κ2) is 8.51. The maximum absolute atomic E-state index is 4.59. The number of tetrazole rings is 1. The van der Waals surface area contributed by atoms with Crippen LogP contribution in [0.2, 0.25) is 0 Å². The molecule has 0 bridgehead atoms. The first-order chi connectivity index (χ1) is 14.8. The molecule has 152 valence electrons. The molecule has 3 aromatic heterocycles. The van der Waals surface area contributed by atoms with Gasteiger partial charge in [0.1, 0.15) is 5.82 Å². The second-order valence-corrected chi connectivity index (χ2v) is 7.90. The third kappa shape index (κ3) is 4.26. The molecule has 1 saturated heterocycles. The minimum absolute atomic E-state index is 0.369. The summed E-state index contributed by atoms with van der Waals surface area (Å²) in [6.07, 6.45) is 7.42. The molecular weight excluding hydrogens is 400 g/mol. The van der Waals surface area contributed by atoms with E-state index in [1.54, 1.807) is 18.6 Å². The van der Waals surface area contributed by atoms with Crippen LogP contribution >= 0.6 is 11.3 Å². The monoisotopic (exact) mass is 420 g/mol. The summed E-state index contributed by atoms with van der Waals surface area (Å²) >= 11 is 1.43. The zero-order valence-electron chi connectivity index (χ0n) is 16.1. The molecule has 11 heteroatoms. The number of nitrogens with zero attached hydrogens (tertiary/aromatic N) is 7. The minimum atomic E-state index is 0.369. The molecular formula is C19H20N10S. The average Bonchev–Trinajstić information content (AvgIpc) is 3.45. The van der Waals surface area contributed by atoms with Crippen molar-refractivity contribution in [2.45, 2.75) is 18.9 Å². The summed E-state index contributed by atoms with van der Waals surface area (Å²) in [5.41, 5.74) is 0.854. The Balaban J connectivity index is 1.27. The van der Waals surface area contributed by atoms with Crippen molar-refractivity contribution < 1.29 is 0 Å². The van der Waals surface area contributed by atoms with Gasteiger partial charge in [-0.05, 0) is 36.7 Å². The molecule has 0 aliphatic carbocycles. The SMILES string of the molecule is c1ccc(-n2nnc(-c3cnc(Nc4cncc(N[C@H]5CCCNC5)n4)s3)n2)cc1. The Bertz CT molecular complexity index is 1100. The Kier molecular flexibility index (Phi) is 5.27. The standard InChI is InChI=1S/C19H20N10S/c1-2-6-14(7-3-1)29-27-18(26-28-29)15-10-22-19(30-15)25-17-12-21-11-16(24-17)23-13-5-4-8-20-9-13/h1-3,6-7,10-13,20H,4-5,8-9H2,(H2,22,23,24,25)/t13-/m0/s1. The highest BCUT2D eigenvalue weighted by Crippen LogP contribution is 2.28. The fourth-order valence-corrected chi connectivity index (χ4v) is 3.96. The van der Waals surface area contributed by atoms with Gasteiger partial charge in [0.2, 0.25) is 5.82 Å². The molecule has 4 aromatic rings. The van der Waals surface area contributed by atoms with Crippen LogP contribution in [0.5, 0.6) is 0 Å². The first-order valence-electron chi connectivity index (χ1n) is 9.71. The van der Waals surface area contributed by atoms with Crippen molar-refractivity contribution in [3.8, 4) is 16.4 Å². The van der Waals surface area contributed by atoms with E-state index in [0.717, 1.165) is 42.3 Å². The summed E-state index contributed by atoms with van der Waals surface area (Å²) in [6.45, 7) is 2.01. The highest BCUT2D eigenvalue weighted by atomic mass is 32.1. The number of anilines is 3. The van der Waals surface area contributed by atoms with Gasteiger partial charge in [-0.25, -0.2) is 9.97 Å². The molecule has 5 rings (SSSR count). The van der Waals surface area contributed by atoms with Crippen LogP contribution in [0.3, 0.4) is 0 Å². The number of thiazole rings is 1. The molecule has 1 aliphatic heterocycles. The highest BCUT2D eigenvalue weighted by molar-refractivity contribution is 7.18. The fraction of sp³-hybridized carbons (Fsp3) is 0.263. The van der Waals surface area contributed by atoms with E-state index < -0.39 is 0 Å². The van der Waals surface area contributed by atoms with Crippen LogP contribution in [0.15, 0.2) is 48.9 Å². The zero-order valence-corrected chi connectivity index (χ0v) is 16.9. The number of rotatable bonds is 6. The van der Waals surface area contributed by atoms with E-state index in [0.29, 0.717) is 22.8 Å². The number of piperidine rings is 1. The van der Waals surface area contributed by atoms with Crippen molar-refractivity contribution in [1.29, 1.82) is 0 Å². The first-order valence-corrected chi connectivity index (χ1v) is 10.5. The third-order valence-corrected chi connectivity index (χ3v) is 5.55. The first kappa shape index (κ1) is 18.6. The van der Waals surface area contributed by atoms with Gasteiger partial charge in [0.15, 0.2) is 10.9 Å². The number of nitrogens with one attached hydrogen (secondary N) is 3. The highest BCUT2D eigenvalue weighted by Gasteiger charge is 2.14. The van der Waals surface area contributed by atoms with Crippen LogP contribution in [0.25, 0.3) is 16.4 Å². The summed E-state index contributed by atoms with van der Waals surface area (Å²) in [6, 6.07) is 10.0. The van der Waals surface area contributed by atoms with Crippen molar-refractivity contribution in [3.05, 3.63) is 48.9 Å². The Morgan fingerprint density at radius 3 is 2.87 bits per heavy atom. The van der Waals surface area contributed by atoms with Gasteiger partial charge in [0.25, 0.3) is 0 Å². The normalized spacial score (nSPS) is 16.3. The lowest BCUT2D eigenvalue weighted by Gasteiger charge is -2.24. The Labute approximate surface area is 176 Å². The molecule has 30 heavy (non-hydrogen) atoms. The fourth-order valence-electron chi connectivity index (χ4n) is 3.21. The molecule has 0 amide bonds.